The van der Waals surface area contributed by atoms with Crippen molar-refractivity contribution in [2.45, 2.75) is 104 Å². The van der Waals surface area contributed by atoms with Crippen LogP contribution in [0.3, 0.4) is 0 Å². The van der Waals surface area contributed by atoms with Crippen LogP contribution in [0.15, 0.2) is 0 Å². The molecule has 0 heterocycles. The number of nitrogens with one attached hydrogen (secondary N) is 1. The average molecular weight is 422 g/mol. The molecule has 4 N–H and O–H groups in total. The van der Waals surface area contributed by atoms with Crippen LogP contribution in [-0.2, 0) is 0 Å². The first-order valence-corrected chi connectivity index (χ1v) is 13.0. The van der Waals surface area contributed by atoms with E-state index >= 15 is 0 Å². The molecule has 4 saturated carbocycles. The van der Waals surface area contributed by atoms with E-state index in [4.69, 9.17) is 0 Å². The zero-order valence-corrected chi connectivity index (χ0v) is 19.8. The van der Waals surface area contributed by atoms with Gasteiger partial charge in [0.05, 0.1) is 18.3 Å². The van der Waals surface area contributed by atoms with Gasteiger partial charge >= 0.3 is 0 Å². The zero-order chi connectivity index (χ0) is 21.7. The van der Waals surface area contributed by atoms with E-state index in [-0.39, 0.29) is 29.1 Å². The SMILES string of the molecule is CCNCCCC(C)C1CC[C@H]2C3[C@H](O)CC4C[C@H](O)CCC4(C)[C@H]3C[C@H](O)C12C. The second kappa shape index (κ2) is 8.65. The highest BCUT2D eigenvalue weighted by atomic mass is 16.3. The van der Waals surface area contributed by atoms with Crippen molar-refractivity contribution in [3.63, 3.8) is 0 Å². The first-order valence-electron chi connectivity index (χ1n) is 13.0. The zero-order valence-electron chi connectivity index (χ0n) is 19.8. The van der Waals surface area contributed by atoms with Crippen molar-refractivity contribution in [3.8, 4) is 0 Å². The predicted octanol–water partition coefficient (Wildman–Crippen LogP) is 3.97. The molecule has 0 amide bonds. The molecule has 174 valence electrons. The average Bonchev–Trinajstić information content (AvgIpc) is 3.06. The van der Waals surface area contributed by atoms with E-state index < -0.39 is 0 Å². The molecule has 0 aromatic carbocycles. The van der Waals surface area contributed by atoms with Gasteiger partial charge in [0, 0.05) is 0 Å². The quantitative estimate of drug-likeness (QED) is 0.490. The summed E-state index contributed by atoms with van der Waals surface area (Å²) in [7, 11) is 0. The fourth-order valence-electron chi connectivity index (χ4n) is 9.06. The summed E-state index contributed by atoms with van der Waals surface area (Å²) in [6.45, 7) is 11.5. The molecule has 0 aromatic heterocycles. The smallest absolute Gasteiger partial charge is 0.0602 e. The van der Waals surface area contributed by atoms with Gasteiger partial charge in [-0.25, -0.2) is 0 Å². The van der Waals surface area contributed by atoms with Gasteiger partial charge in [0.2, 0.25) is 0 Å². The third-order valence-electron chi connectivity index (χ3n) is 10.8. The second-order valence-corrected chi connectivity index (χ2v) is 12.0. The van der Waals surface area contributed by atoms with E-state index in [9.17, 15) is 15.3 Å². The summed E-state index contributed by atoms with van der Waals surface area (Å²) in [6, 6.07) is 0. The number of hydrogen-bond donors (Lipinski definition) is 4. The monoisotopic (exact) mass is 421 g/mol. The van der Waals surface area contributed by atoms with Gasteiger partial charge in [-0.3, -0.25) is 0 Å². The van der Waals surface area contributed by atoms with Crippen molar-refractivity contribution in [2.75, 3.05) is 13.1 Å². The summed E-state index contributed by atoms with van der Waals surface area (Å²) in [5.74, 6) is 2.75. The predicted molar refractivity (Wildman–Crippen MR) is 121 cm³/mol. The highest BCUT2D eigenvalue weighted by molar-refractivity contribution is 5.14. The fourth-order valence-corrected chi connectivity index (χ4v) is 9.06. The Labute approximate surface area is 184 Å². The van der Waals surface area contributed by atoms with Crippen LogP contribution in [-0.4, -0.2) is 46.7 Å². The fraction of sp³-hybridized carbons (Fsp3) is 1.00. The van der Waals surface area contributed by atoms with Crippen LogP contribution in [0.4, 0.5) is 0 Å². The molecule has 0 aromatic rings. The maximum atomic E-state index is 11.6. The summed E-state index contributed by atoms with van der Waals surface area (Å²) in [6.07, 6.45) is 8.53. The lowest BCUT2D eigenvalue weighted by molar-refractivity contribution is -0.207. The lowest BCUT2D eigenvalue weighted by atomic mass is 9.43. The first-order chi connectivity index (χ1) is 14.2. The van der Waals surface area contributed by atoms with E-state index in [1.165, 1.54) is 19.3 Å². The van der Waals surface area contributed by atoms with Gasteiger partial charge in [0.1, 0.15) is 0 Å². The molecular formula is C26H47NO3. The summed E-state index contributed by atoms with van der Waals surface area (Å²) < 4.78 is 0. The van der Waals surface area contributed by atoms with Gasteiger partial charge in [-0.1, -0.05) is 27.7 Å². The largest absolute Gasteiger partial charge is 0.393 e. The molecule has 4 aliphatic rings. The topological polar surface area (TPSA) is 72.7 Å². The van der Waals surface area contributed by atoms with E-state index in [1.54, 1.807) is 0 Å². The summed E-state index contributed by atoms with van der Waals surface area (Å²) in [5.41, 5.74) is 0.109. The molecule has 0 bridgehead atoms. The third kappa shape index (κ3) is 3.58. The minimum Gasteiger partial charge on any atom is -0.393 e. The van der Waals surface area contributed by atoms with Crippen LogP contribution >= 0.6 is 0 Å². The minimum atomic E-state index is -0.266. The molecule has 4 nitrogen and oxygen atoms in total. The van der Waals surface area contributed by atoms with Crippen molar-refractivity contribution < 1.29 is 15.3 Å². The first kappa shape index (κ1) is 23.0. The van der Waals surface area contributed by atoms with Crippen LogP contribution in [0, 0.1) is 46.3 Å². The van der Waals surface area contributed by atoms with Gasteiger partial charge in [0.25, 0.3) is 0 Å². The molecule has 4 aliphatic carbocycles. The number of aliphatic hydroxyl groups is 3. The van der Waals surface area contributed by atoms with Crippen molar-refractivity contribution in [1.82, 2.24) is 5.32 Å². The Balaban J connectivity index is 1.54. The van der Waals surface area contributed by atoms with Crippen LogP contribution in [0.2, 0.25) is 0 Å². The Kier molecular flexibility index (Phi) is 6.63. The van der Waals surface area contributed by atoms with E-state index in [2.05, 4.69) is 33.0 Å². The lowest BCUT2D eigenvalue weighted by Gasteiger charge is -2.63. The van der Waals surface area contributed by atoms with Gasteiger partial charge < -0.3 is 20.6 Å². The lowest BCUT2D eigenvalue weighted by Crippen LogP contribution is -2.62. The summed E-state index contributed by atoms with van der Waals surface area (Å²) in [4.78, 5) is 0. The molecule has 6 unspecified atom stereocenters. The molecule has 0 saturated heterocycles. The molecule has 0 aliphatic heterocycles. The third-order valence-corrected chi connectivity index (χ3v) is 10.8. The van der Waals surface area contributed by atoms with E-state index in [0.29, 0.717) is 35.5 Å². The molecule has 4 rings (SSSR count). The number of hydrogen-bond acceptors (Lipinski definition) is 4. The molecule has 4 heteroatoms. The van der Waals surface area contributed by atoms with Crippen molar-refractivity contribution >= 4 is 0 Å². The Morgan fingerprint density at radius 3 is 2.50 bits per heavy atom. The Hall–Kier alpha value is -0.160. The van der Waals surface area contributed by atoms with Crippen molar-refractivity contribution in [2.24, 2.45) is 46.3 Å². The van der Waals surface area contributed by atoms with Crippen LogP contribution in [0.1, 0.15) is 85.5 Å². The Morgan fingerprint density at radius 2 is 1.77 bits per heavy atom. The number of aliphatic hydroxyl groups excluding tert-OH is 3. The molecule has 30 heavy (non-hydrogen) atoms. The van der Waals surface area contributed by atoms with Crippen molar-refractivity contribution in [3.05, 3.63) is 0 Å². The number of fused-ring (bicyclic) bond motifs is 5. The van der Waals surface area contributed by atoms with E-state index in [0.717, 1.165) is 51.6 Å². The standard InChI is InChI=1S/C26H47NO3/c1-5-27-12-6-7-16(2)19-8-9-20-24-21(15-23(30)26(19,20)4)25(3)11-10-18(28)13-17(25)14-22(24)29/h16-24,27-30H,5-15H2,1-4H3/t16?,17?,18-,19?,20+,21+,22-,23+,24?,25?,26?/m1/s1. The second-order valence-electron chi connectivity index (χ2n) is 12.0. The van der Waals surface area contributed by atoms with E-state index in [1.807, 2.05) is 0 Å². The summed E-state index contributed by atoms with van der Waals surface area (Å²) in [5, 5.41) is 36.6. The highest BCUT2D eigenvalue weighted by Gasteiger charge is 2.65. The maximum absolute atomic E-state index is 11.6. The molecule has 0 radical (unpaired) electrons. The normalized spacial score (nSPS) is 51.7. The van der Waals surface area contributed by atoms with Crippen molar-refractivity contribution in [1.29, 1.82) is 0 Å². The highest BCUT2D eigenvalue weighted by Crippen LogP contribution is 2.68. The maximum Gasteiger partial charge on any atom is 0.0602 e. The molecule has 4 fully saturated rings. The Bertz CT molecular complexity index is 599. The Morgan fingerprint density at radius 1 is 1.00 bits per heavy atom. The van der Waals surface area contributed by atoms with Gasteiger partial charge in [-0.05, 0) is 117 Å². The van der Waals surface area contributed by atoms with Gasteiger partial charge in [-0.15, -0.1) is 0 Å². The van der Waals surface area contributed by atoms with Crippen LogP contribution < -0.4 is 5.32 Å². The van der Waals surface area contributed by atoms with Crippen LogP contribution in [0.5, 0.6) is 0 Å². The minimum absolute atomic E-state index is 0.0584. The molecule has 11 atom stereocenters. The van der Waals surface area contributed by atoms with Gasteiger partial charge in [0.15, 0.2) is 0 Å². The van der Waals surface area contributed by atoms with Gasteiger partial charge in [-0.2, -0.15) is 0 Å². The summed E-state index contributed by atoms with van der Waals surface area (Å²) >= 11 is 0. The molecule has 0 spiro atoms. The van der Waals surface area contributed by atoms with Crippen LogP contribution in [0.25, 0.3) is 0 Å². The molecular weight excluding hydrogens is 374 g/mol. The number of rotatable bonds is 6.